The van der Waals surface area contributed by atoms with Crippen LogP contribution in [-0.2, 0) is 11.2 Å². The molecule has 0 radical (unpaired) electrons. The van der Waals surface area contributed by atoms with Crippen LogP contribution in [0.5, 0.6) is 0 Å². The fourth-order valence-electron chi connectivity index (χ4n) is 1.63. The van der Waals surface area contributed by atoms with Crippen molar-refractivity contribution in [2.24, 2.45) is 0 Å². The molecule has 1 amide bonds. The lowest BCUT2D eigenvalue weighted by Gasteiger charge is -2.07. The van der Waals surface area contributed by atoms with Crippen molar-refractivity contribution in [1.29, 1.82) is 0 Å². The molecule has 1 aromatic carbocycles. The van der Waals surface area contributed by atoms with Gasteiger partial charge in [-0.25, -0.2) is 0 Å². The first kappa shape index (κ1) is 12.1. The van der Waals surface area contributed by atoms with Crippen LogP contribution in [0.3, 0.4) is 0 Å². The van der Waals surface area contributed by atoms with Crippen LogP contribution in [0, 0.1) is 6.92 Å². The van der Waals surface area contributed by atoms with Gasteiger partial charge >= 0.3 is 0 Å². The molecule has 3 N–H and O–H groups in total. The fraction of sp³-hybridized carbons (Fsp3) is 0.143. The maximum absolute atomic E-state index is 11.8. The van der Waals surface area contributed by atoms with E-state index in [0.29, 0.717) is 12.1 Å². The van der Waals surface area contributed by atoms with E-state index in [1.54, 1.807) is 24.4 Å². The molecule has 0 bridgehead atoms. The molecule has 0 unspecified atom stereocenters. The third kappa shape index (κ3) is 3.07. The highest BCUT2D eigenvalue weighted by molar-refractivity contribution is 5.92. The van der Waals surface area contributed by atoms with Crippen LogP contribution in [0.25, 0.3) is 0 Å². The molecular weight excluding hydrogens is 226 g/mol. The summed E-state index contributed by atoms with van der Waals surface area (Å²) in [4.78, 5) is 16.0. The topological polar surface area (TPSA) is 68.0 Å². The van der Waals surface area contributed by atoms with Gasteiger partial charge in [-0.1, -0.05) is 12.1 Å². The Kier molecular flexibility index (Phi) is 3.57. The lowest BCUT2D eigenvalue weighted by Crippen LogP contribution is -2.15. The van der Waals surface area contributed by atoms with E-state index in [9.17, 15) is 4.79 Å². The Bertz CT molecular complexity index is 549. The van der Waals surface area contributed by atoms with Crippen molar-refractivity contribution in [3.63, 3.8) is 0 Å². The molecule has 92 valence electrons. The quantitative estimate of drug-likeness (QED) is 0.809. The van der Waals surface area contributed by atoms with Crippen molar-refractivity contribution in [2.75, 3.05) is 11.1 Å². The van der Waals surface area contributed by atoms with Crippen LogP contribution in [-0.4, -0.2) is 10.9 Å². The number of hydrogen-bond donors (Lipinski definition) is 2. The summed E-state index contributed by atoms with van der Waals surface area (Å²) in [5.74, 6) is -0.0594. The number of carbonyl (C=O) groups excluding carboxylic acids is 1. The molecule has 0 fully saturated rings. The average Bonchev–Trinajstić information content (AvgIpc) is 2.35. The molecule has 2 rings (SSSR count). The number of nitrogens with two attached hydrogens (primary N) is 1. The van der Waals surface area contributed by atoms with Crippen LogP contribution in [0.2, 0.25) is 0 Å². The van der Waals surface area contributed by atoms with Crippen LogP contribution in [0.1, 0.15) is 11.3 Å². The molecule has 0 saturated heterocycles. The predicted molar refractivity (Wildman–Crippen MR) is 72.2 cm³/mol. The summed E-state index contributed by atoms with van der Waals surface area (Å²) in [5, 5.41) is 2.84. The molecule has 0 saturated carbocycles. The Labute approximate surface area is 106 Å². The zero-order valence-electron chi connectivity index (χ0n) is 10.2. The monoisotopic (exact) mass is 241 g/mol. The van der Waals surface area contributed by atoms with Crippen molar-refractivity contribution >= 4 is 17.3 Å². The fourth-order valence-corrected chi connectivity index (χ4v) is 1.63. The maximum atomic E-state index is 11.8. The zero-order chi connectivity index (χ0) is 13.0. The number of nitrogens with zero attached hydrogens (tertiary/aromatic N) is 1. The number of anilines is 2. The van der Waals surface area contributed by atoms with Gasteiger partial charge in [-0.15, -0.1) is 0 Å². The summed E-state index contributed by atoms with van der Waals surface area (Å²) in [7, 11) is 0. The molecule has 18 heavy (non-hydrogen) atoms. The van der Waals surface area contributed by atoms with Crippen LogP contribution in [0.15, 0.2) is 42.6 Å². The second kappa shape index (κ2) is 5.31. The second-order valence-corrected chi connectivity index (χ2v) is 4.10. The van der Waals surface area contributed by atoms with Crippen molar-refractivity contribution in [3.8, 4) is 0 Å². The number of aromatic nitrogens is 1. The van der Waals surface area contributed by atoms with E-state index >= 15 is 0 Å². The third-order valence-corrected chi connectivity index (χ3v) is 2.63. The summed E-state index contributed by atoms with van der Waals surface area (Å²) >= 11 is 0. The molecule has 0 atom stereocenters. The number of carbonyl (C=O) groups is 1. The first-order valence-electron chi connectivity index (χ1n) is 5.71. The number of aryl methyl sites for hydroxylation is 1. The number of hydrogen-bond acceptors (Lipinski definition) is 3. The molecule has 1 heterocycles. The van der Waals surface area contributed by atoms with Gasteiger partial charge in [0.05, 0.1) is 17.8 Å². The summed E-state index contributed by atoms with van der Waals surface area (Å²) in [5.41, 5.74) is 8.78. The molecule has 4 heteroatoms. The molecule has 0 spiro atoms. The van der Waals surface area contributed by atoms with E-state index in [0.717, 1.165) is 16.9 Å². The van der Waals surface area contributed by atoms with Crippen molar-refractivity contribution in [2.45, 2.75) is 13.3 Å². The minimum Gasteiger partial charge on any atom is -0.399 e. The first-order valence-corrected chi connectivity index (χ1v) is 5.71. The Morgan fingerprint density at radius 2 is 2.00 bits per heavy atom. The zero-order valence-corrected chi connectivity index (χ0v) is 10.2. The van der Waals surface area contributed by atoms with E-state index in [2.05, 4.69) is 10.3 Å². The van der Waals surface area contributed by atoms with Crippen molar-refractivity contribution < 1.29 is 4.79 Å². The molecule has 0 aliphatic heterocycles. The number of nitrogen functional groups attached to an aromatic ring is 1. The van der Waals surface area contributed by atoms with Gasteiger partial charge < -0.3 is 11.1 Å². The van der Waals surface area contributed by atoms with E-state index in [1.165, 1.54) is 0 Å². The Morgan fingerprint density at radius 3 is 2.67 bits per heavy atom. The van der Waals surface area contributed by atoms with Gasteiger partial charge in [0.1, 0.15) is 0 Å². The predicted octanol–water partition coefficient (Wildman–Crippen LogP) is 2.15. The minimum absolute atomic E-state index is 0.0594. The van der Waals surface area contributed by atoms with E-state index in [1.807, 2.05) is 25.1 Å². The number of rotatable bonds is 3. The van der Waals surface area contributed by atoms with Gasteiger partial charge in [-0.3, -0.25) is 9.78 Å². The SMILES string of the molecule is Cc1ncccc1NC(=O)Cc1ccc(N)cc1. The highest BCUT2D eigenvalue weighted by Gasteiger charge is 2.05. The molecule has 2 aromatic rings. The standard InChI is InChI=1S/C14H15N3O/c1-10-13(3-2-8-16-10)17-14(18)9-11-4-6-12(15)7-5-11/h2-8H,9,15H2,1H3,(H,17,18). The Balaban J connectivity index is 2.01. The van der Waals surface area contributed by atoms with Crippen molar-refractivity contribution in [1.82, 2.24) is 4.98 Å². The highest BCUT2D eigenvalue weighted by Crippen LogP contribution is 2.12. The van der Waals surface area contributed by atoms with Gasteiger partial charge in [0.15, 0.2) is 0 Å². The van der Waals surface area contributed by atoms with Gasteiger partial charge in [-0.2, -0.15) is 0 Å². The maximum Gasteiger partial charge on any atom is 0.228 e. The third-order valence-electron chi connectivity index (χ3n) is 2.63. The van der Waals surface area contributed by atoms with Gasteiger partial charge in [-0.05, 0) is 36.8 Å². The van der Waals surface area contributed by atoms with Gasteiger partial charge in [0.25, 0.3) is 0 Å². The average molecular weight is 241 g/mol. The largest absolute Gasteiger partial charge is 0.399 e. The summed E-state index contributed by atoms with van der Waals surface area (Å²) in [6.45, 7) is 1.86. The summed E-state index contributed by atoms with van der Waals surface area (Å²) < 4.78 is 0. The lowest BCUT2D eigenvalue weighted by atomic mass is 10.1. The van der Waals surface area contributed by atoms with Crippen LogP contribution >= 0.6 is 0 Å². The van der Waals surface area contributed by atoms with Crippen LogP contribution in [0.4, 0.5) is 11.4 Å². The molecule has 1 aromatic heterocycles. The number of pyridine rings is 1. The minimum atomic E-state index is -0.0594. The first-order chi connectivity index (χ1) is 8.65. The van der Waals surface area contributed by atoms with Crippen LogP contribution < -0.4 is 11.1 Å². The highest BCUT2D eigenvalue weighted by atomic mass is 16.1. The molecule has 0 aliphatic carbocycles. The lowest BCUT2D eigenvalue weighted by molar-refractivity contribution is -0.115. The van der Waals surface area contributed by atoms with Crippen molar-refractivity contribution in [3.05, 3.63) is 53.9 Å². The number of nitrogens with one attached hydrogen (secondary N) is 1. The van der Waals surface area contributed by atoms with Gasteiger partial charge in [0, 0.05) is 11.9 Å². The van der Waals surface area contributed by atoms with Gasteiger partial charge in [0.2, 0.25) is 5.91 Å². The smallest absolute Gasteiger partial charge is 0.228 e. The Morgan fingerprint density at radius 1 is 1.28 bits per heavy atom. The summed E-state index contributed by atoms with van der Waals surface area (Å²) in [6, 6.07) is 10.9. The Hall–Kier alpha value is -2.36. The molecule has 0 aliphatic rings. The normalized spacial score (nSPS) is 10.1. The van der Waals surface area contributed by atoms with E-state index < -0.39 is 0 Å². The van der Waals surface area contributed by atoms with E-state index in [-0.39, 0.29) is 5.91 Å². The number of benzene rings is 1. The summed E-state index contributed by atoms with van der Waals surface area (Å²) in [6.07, 6.45) is 2.03. The number of amides is 1. The van der Waals surface area contributed by atoms with E-state index in [4.69, 9.17) is 5.73 Å². The second-order valence-electron chi connectivity index (χ2n) is 4.10. The molecular formula is C14H15N3O. The molecule has 4 nitrogen and oxygen atoms in total.